The van der Waals surface area contributed by atoms with E-state index in [-0.39, 0.29) is 12.5 Å². The molecule has 0 spiro atoms. The number of rotatable bonds is 4. The van der Waals surface area contributed by atoms with Crippen molar-refractivity contribution in [3.8, 4) is 11.1 Å². The highest BCUT2D eigenvalue weighted by atomic mass is 16.5. The molecule has 3 rings (SSSR count). The quantitative estimate of drug-likeness (QED) is 0.885. The van der Waals surface area contributed by atoms with E-state index in [1.165, 1.54) is 4.90 Å². The third-order valence-electron chi connectivity index (χ3n) is 4.26. The Hall–Kier alpha value is -3.02. The fourth-order valence-electron chi connectivity index (χ4n) is 2.94. The van der Waals surface area contributed by atoms with E-state index in [0.717, 1.165) is 11.1 Å². The highest BCUT2D eigenvalue weighted by molar-refractivity contribution is 5.91. The number of hydrogen-bond acceptors (Lipinski definition) is 3. The van der Waals surface area contributed by atoms with Crippen molar-refractivity contribution in [1.29, 1.82) is 0 Å². The van der Waals surface area contributed by atoms with E-state index < -0.39 is 12.2 Å². The molecule has 0 unspecified atom stereocenters. The van der Waals surface area contributed by atoms with Gasteiger partial charge in [-0.1, -0.05) is 48.5 Å². The lowest BCUT2D eigenvalue weighted by atomic mass is 10.0. The third kappa shape index (κ3) is 4.29. The predicted octanol–water partition coefficient (Wildman–Crippen LogP) is 3.90. The summed E-state index contributed by atoms with van der Waals surface area (Å²) < 4.78 is 5.28. The number of para-hydroxylation sites is 1. The van der Waals surface area contributed by atoms with Crippen LogP contribution in [0.5, 0.6) is 0 Å². The molecular formula is C19H20N2O4. The van der Waals surface area contributed by atoms with Gasteiger partial charge in [0.2, 0.25) is 0 Å². The molecule has 1 aliphatic heterocycles. The van der Waals surface area contributed by atoms with Crippen molar-refractivity contribution in [2.24, 2.45) is 5.92 Å². The predicted molar refractivity (Wildman–Crippen MR) is 94.6 cm³/mol. The monoisotopic (exact) mass is 340 g/mol. The standard InChI is InChI=1S/C19H20N2O4/c22-18(25-13-14-10-11-21(12-14)19(23)24)20-17-9-5-4-8-16(17)15-6-2-1-3-7-15/h1-9,14H,10-13H2,(H,20,22)(H,23,24)/t14-/m1/s1. The Balaban J connectivity index is 1.58. The van der Waals surface area contributed by atoms with Crippen LogP contribution < -0.4 is 5.32 Å². The average Bonchev–Trinajstić information content (AvgIpc) is 3.11. The summed E-state index contributed by atoms with van der Waals surface area (Å²) in [6.07, 6.45) is -0.749. The zero-order valence-corrected chi connectivity index (χ0v) is 13.7. The van der Waals surface area contributed by atoms with Gasteiger partial charge < -0.3 is 14.7 Å². The number of nitrogens with one attached hydrogen (secondary N) is 1. The number of anilines is 1. The second kappa shape index (κ2) is 7.70. The smallest absolute Gasteiger partial charge is 0.411 e. The largest absolute Gasteiger partial charge is 0.465 e. The lowest BCUT2D eigenvalue weighted by Gasteiger charge is -2.14. The Labute approximate surface area is 146 Å². The number of hydrogen-bond donors (Lipinski definition) is 2. The molecule has 2 aromatic carbocycles. The molecule has 6 nitrogen and oxygen atoms in total. The summed E-state index contributed by atoms with van der Waals surface area (Å²) in [5.74, 6) is 0.0474. The zero-order valence-electron chi connectivity index (χ0n) is 13.7. The number of benzene rings is 2. The van der Waals surface area contributed by atoms with Crippen LogP contribution in [0.3, 0.4) is 0 Å². The lowest BCUT2D eigenvalue weighted by molar-refractivity contribution is 0.136. The van der Waals surface area contributed by atoms with Crippen LogP contribution in [-0.4, -0.2) is 41.9 Å². The molecular weight excluding hydrogens is 320 g/mol. The molecule has 0 radical (unpaired) electrons. The molecule has 130 valence electrons. The van der Waals surface area contributed by atoms with Gasteiger partial charge in [0.1, 0.15) is 0 Å². The number of carbonyl (C=O) groups is 2. The van der Waals surface area contributed by atoms with Crippen molar-refractivity contribution in [3.05, 3.63) is 54.6 Å². The van der Waals surface area contributed by atoms with Gasteiger partial charge in [-0.25, -0.2) is 9.59 Å². The van der Waals surface area contributed by atoms with E-state index in [4.69, 9.17) is 9.84 Å². The molecule has 2 N–H and O–H groups in total. The van der Waals surface area contributed by atoms with E-state index >= 15 is 0 Å². The van der Waals surface area contributed by atoms with Crippen molar-refractivity contribution >= 4 is 17.9 Å². The fourth-order valence-corrected chi connectivity index (χ4v) is 2.94. The van der Waals surface area contributed by atoms with Crippen molar-refractivity contribution < 1.29 is 19.4 Å². The summed E-state index contributed by atoms with van der Waals surface area (Å²) in [4.78, 5) is 24.4. The topological polar surface area (TPSA) is 78.9 Å². The molecule has 1 heterocycles. The molecule has 2 amide bonds. The van der Waals surface area contributed by atoms with Crippen molar-refractivity contribution in [3.63, 3.8) is 0 Å². The minimum atomic E-state index is -0.927. The van der Waals surface area contributed by atoms with Gasteiger partial charge >= 0.3 is 12.2 Å². The Bertz CT molecular complexity index is 748. The van der Waals surface area contributed by atoms with E-state index in [1.807, 2.05) is 54.6 Å². The maximum atomic E-state index is 12.1. The molecule has 0 bridgehead atoms. The van der Waals surface area contributed by atoms with Gasteiger partial charge in [0.15, 0.2) is 0 Å². The van der Waals surface area contributed by atoms with Crippen LogP contribution in [0.2, 0.25) is 0 Å². The van der Waals surface area contributed by atoms with E-state index in [2.05, 4.69) is 5.32 Å². The molecule has 1 atom stereocenters. The number of amides is 2. The zero-order chi connectivity index (χ0) is 17.6. The number of carboxylic acid groups (broad SMARTS) is 1. The molecule has 0 aromatic heterocycles. The van der Waals surface area contributed by atoms with Crippen molar-refractivity contribution in [2.75, 3.05) is 25.0 Å². The van der Waals surface area contributed by atoms with E-state index in [9.17, 15) is 9.59 Å². The fraction of sp³-hybridized carbons (Fsp3) is 0.263. The summed E-state index contributed by atoms with van der Waals surface area (Å²) in [6, 6.07) is 17.3. The van der Waals surface area contributed by atoms with Crippen molar-refractivity contribution in [1.82, 2.24) is 4.90 Å². The van der Waals surface area contributed by atoms with Gasteiger partial charge in [0.25, 0.3) is 0 Å². The molecule has 1 fully saturated rings. The molecule has 2 aromatic rings. The van der Waals surface area contributed by atoms with Crippen molar-refractivity contribution in [2.45, 2.75) is 6.42 Å². The van der Waals surface area contributed by atoms with E-state index in [0.29, 0.717) is 25.2 Å². The maximum absolute atomic E-state index is 12.1. The molecule has 0 saturated carbocycles. The summed E-state index contributed by atoms with van der Waals surface area (Å²) >= 11 is 0. The average molecular weight is 340 g/mol. The first kappa shape index (κ1) is 16.8. The highest BCUT2D eigenvalue weighted by Gasteiger charge is 2.26. The number of likely N-dealkylation sites (tertiary alicyclic amines) is 1. The van der Waals surface area contributed by atoms with Gasteiger partial charge in [-0.3, -0.25) is 5.32 Å². The van der Waals surface area contributed by atoms with Gasteiger partial charge in [0, 0.05) is 24.6 Å². The number of ether oxygens (including phenoxy) is 1. The maximum Gasteiger partial charge on any atom is 0.411 e. The molecule has 1 saturated heterocycles. The summed E-state index contributed by atoms with van der Waals surface area (Å²) in [7, 11) is 0. The summed E-state index contributed by atoms with van der Waals surface area (Å²) in [5, 5.41) is 11.7. The molecule has 0 aliphatic carbocycles. The SMILES string of the molecule is O=C(Nc1ccccc1-c1ccccc1)OC[C@@H]1CCN(C(=O)O)C1. The van der Waals surface area contributed by atoms with Crippen LogP contribution >= 0.6 is 0 Å². The van der Waals surface area contributed by atoms with Crippen LogP contribution in [0.25, 0.3) is 11.1 Å². The first-order chi connectivity index (χ1) is 12.1. The van der Waals surface area contributed by atoms with Crippen LogP contribution in [0, 0.1) is 5.92 Å². The molecule has 25 heavy (non-hydrogen) atoms. The Morgan fingerprint density at radius 1 is 1.12 bits per heavy atom. The minimum absolute atomic E-state index is 0.0474. The highest BCUT2D eigenvalue weighted by Crippen LogP contribution is 2.27. The first-order valence-corrected chi connectivity index (χ1v) is 8.19. The Morgan fingerprint density at radius 2 is 1.84 bits per heavy atom. The minimum Gasteiger partial charge on any atom is -0.465 e. The molecule has 1 aliphatic rings. The summed E-state index contributed by atoms with van der Waals surface area (Å²) in [6.45, 7) is 1.11. The van der Waals surface area contributed by atoms with Crippen LogP contribution in [0.15, 0.2) is 54.6 Å². The third-order valence-corrected chi connectivity index (χ3v) is 4.26. The second-order valence-corrected chi connectivity index (χ2v) is 6.02. The van der Waals surface area contributed by atoms with Crippen LogP contribution in [-0.2, 0) is 4.74 Å². The Kier molecular flexibility index (Phi) is 5.18. The van der Waals surface area contributed by atoms with E-state index in [1.54, 1.807) is 0 Å². The van der Waals surface area contributed by atoms with Gasteiger partial charge in [-0.15, -0.1) is 0 Å². The lowest BCUT2D eigenvalue weighted by Crippen LogP contribution is -2.28. The number of carbonyl (C=O) groups excluding carboxylic acids is 1. The number of nitrogens with zero attached hydrogens (tertiary/aromatic N) is 1. The molecule has 6 heteroatoms. The Morgan fingerprint density at radius 3 is 2.56 bits per heavy atom. The first-order valence-electron chi connectivity index (χ1n) is 8.19. The normalized spacial score (nSPS) is 16.5. The summed E-state index contributed by atoms with van der Waals surface area (Å²) in [5.41, 5.74) is 2.60. The van der Waals surface area contributed by atoms with Gasteiger partial charge in [-0.05, 0) is 18.1 Å². The second-order valence-electron chi connectivity index (χ2n) is 6.02. The van der Waals surface area contributed by atoms with Crippen LogP contribution in [0.1, 0.15) is 6.42 Å². The van der Waals surface area contributed by atoms with Crippen LogP contribution in [0.4, 0.5) is 15.3 Å². The van der Waals surface area contributed by atoms with Gasteiger partial charge in [0.05, 0.1) is 12.3 Å². The van der Waals surface area contributed by atoms with Gasteiger partial charge in [-0.2, -0.15) is 0 Å².